The van der Waals surface area contributed by atoms with Crippen molar-refractivity contribution in [1.29, 1.82) is 0 Å². The highest BCUT2D eigenvalue weighted by Crippen LogP contribution is 2.64. The Labute approximate surface area is 165 Å². The Bertz CT molecular complexity index is 829. The molecule has 0 aromatic heterocycles. The summed E-state index contributed by atoms with van der Waals surface area (Å²) in [7, 11) is -7.98. The van der Waals surface area contributed by atoms with Gasteiger partial charge in [-0.05, 0) is 0 Å². The fraction of sp³-hybridized carbons (Fsp3) is 1.00. The van der Waals surface area contributed by atoms with Gasteiger partial charge in [-0.2, -0.15) is 83.1 Å². The molecule has 0 amide bonds. The molecule has 0 fully saturated rings. The van der Waals surface area contributed by atoms with Gasteiger partial charge in [-0.25, -0.2) is 0 Å². The summed E-state index contributed by atoms with van der Waals surface area (Å²) < 4.78 is 267. The smallest absolute Gasteiger partial charge is 0.192 e. The normalized spacial score (nSPS) is 16.7. The average Bonchev–Trinajstić information content (AvgIpc) is 2.58. The van der Waals surface area contributed by atoms with Gasteiger partial charge in [-0.15, -0.1) is 4.48 Å². The molecule has 0 N–H and O–H groups in total. The molecule has 0 rings (SSSR count). The molecule has 0 unspecified atom stereocenters. The van der Waals surface area contributed by atoms with Gasteiger partial charge in [0.05, 0.1) is 4.53 Å². The third-order valence-corrected chi connectivity index (χ3v) is 4.29. The lowest BCUT2D eigenvalue weighted by Crippen LogP contribution is -2.75. The van der Waals surface area contributed by atoms with Crippen molar-refractivity contribution < 1.29 is 96.5 Å². The molecule has 0 bridgehead atoms. The van der Waals surface area contributed by atoms with E-state index in [-0.39, 0.29) is 0 Å². The number of rotatable bonds is 9. The van der Waals surface area contributed by atoms with E-state index in [4.69, 9.17) is 0 Å². The molecule has 0 aliphatic rings. The van der Waals surface area contributed by atoms with Crippen LogP contribution in [-0.4, -0.2) is 65.5 Å². The van der Waals surface area contributed by atoms with E-state index in [1.54, 1.807) is 0 Å². The molecular weight excluding hydrogens is 568 g/mol. The van der Waals surface area contributed by atoms with E-state index in [0.717, 1.165) is 0 Å². The Morgan fingerprint density at radius 2 is 0.667 bits per heavy atom. The SMILES string of the molecule is O=S(=O)(N(F)F)N(F)C(F)(F)C(F)(F)C(F)(F)C(F)(F)C(F)(F)C(F)(F)C(F)(F)C(F)(F)F. The maximum absolute atomic E-state index is 13.2. The van der Waals surface area contributed by atoms with Crippen molar-refractivity contribution in [2.24, 2.45) is 0 Å². The number of halogens is 20. The lowest BCUT2D eigenvalue weighted by atomic mass is 9.90. The molecule has 0 aliphatic carbocycles. The van der Waals surface area contributed by atoms with E-state index in [1.165, 1.54) is 0 Å². The summed E-state index contributed by atoms with van der Waals surface area (Å²) in [5, 5.41) is 0. The van der Waals surface area contributed by atoms with Crippen molar-refractivity contribution in [3.05, 3.63) is 0 Å². The fourth-order valence-corrected chi connectivity index (χ4v) is 1.98. The Morgan fingerprint density at radius 3 is 0.909 bits per heavy atom. The predicted octanol–water partition coefficient (Wildman–Crippen LogP) is 5.46. The van der Waals surface area contributed by atoms with Gasteiger partial charge >= 0.3 is 58.0 Å². The van der Waals surface area contributed by atoms with Crippen LogP contribution < -0.4 is 0 Å². The standard InChI is InChI=1S/C8F20N2O2S/c9-1(10,3(13,14)5(17,18)7(21,22)23)2(11,12)4(15,16)6(19,20)8(24,25)29(26)33(31,32)30(27)28. The molecular formula is C8F20N2O2S. The first kappa shape index (κ1) is 31.5. The summed E-state index contributed by atoms with van der Waals surface area (Å²) in [5.74, 6) is -53.3. The molecule has 25 heteroatoms. The molecule has 0 saturated heterocycles. The minimum absolute atomic E-state index is 3.81. The Hall–Kier alpha value is -1.53. The lowest BCUT2D eigenvalue weighted by Gasteiger charge is -2.42. The molecule has 0 aromatic carbocycles. The number of nitrogens with zero attached hydrogens (tertiary/aromatic N) is 2. The average molecular weight is 568 g/mol. The van der Waals surface area contributed by atoms with Crippen LogP contribution in [0, 0.1) is 0 Å². The summed E-state index contributed by atoms with van der Waals surface area (Å²) in [6.45, 7) is 0. The molecule has 4 nitrogen and oxygen atoms in total. The first-order valence-corrected chi connectivity index (χ1v) is 7.79. The van der Waals surface area contributed by atoms with Crippen LogP contribution in [0.3, 0.4) is 0 Å². The molecule has 0 heterocycles. The van der Waals surface area contributed by atoms with Gasteiger partial charge in [-0.1, -0.05) is 8.96 Å². The minimum atomic E-state index is -9.12. The van der Waals surface area contributed by atoms with Crippen LogP contribution in [0.25, 0.3) is 0 Å². The molecule has 33 heavy (non-hydrogen) atoms. The van der Waals surface area contributed by atoms with Gasteiger partial charge in [0.25, 0.3) is 0 Å². The zero-order valence-corrected chi connectivity index (χ0v) is 14.5. The first-order valence-electron chi connectivity index (χ1n) is 6.39. The second kappa shape index (κ2) is 7.74. The van der Waals surface area contributed by atoms with Gasteiger partial charge in [-0.3, -0.25) is 0 Å². The van der Waals surface area contributed by atoms with E-state index >= 15 is 0 Å². The van der Waals surface area contributed by atoms with Crippen molar-refractivity contribution >= 4 is 10.2 Å². The van der Waals surface area contributed by atoms with Crippen molar-refractivity contribution in [1.82, 2.24) is 9.28 Å². The summed E-state index contributed by atoms with van der Waals surface area (Å²) in [5.41, 5.74) is 0. The Balaban J connectivity index is 6.96. The highest BCUT2D eigenvalue weighted by molar-refractivity contribution is 7.86. The minimum Gasteiger partial charge on any atom is -0.192 e. The van der Waals surface area contributed by atoms with Gasteiger partial charge in [0.1, 0.15) is 0 Å². The topological polar surface area (TPSA) is 40.6 Å². The lowest BCUT2D eigenvalue weighted by molar-refractivity contribution is -0.469. The van der Waals surface area contributed by atoms with Crippen molar-refractivity contribution in [3.63, 3.8) is 0 Å². The van der Waals surface area contributed by atoms with Crippen LogP contribution in [0.1, 0.15) is 0 Å². The van der Waals surface area contributed by atoms with E-state index in [2.05, 4.69) is 0 Å². The highest BCUT2D eigenvalue weighted by atomic mass is 32.2. The highest BCUT2D eigenvalue weighted by Gasteiger charge is 2.96. The van der Waals surface area contributed by atoms with Gasteiger partial charge in [0, 0.05) is 0 Å². The van der Waals surface area contributed by atoms with E-state index in [9.17, 15) is 96.5 Å². The quantitative estimate of drug-likeness (QED) is 0.211. The van der Waals surface area contributed by atoms with Crippen LogP contribution in [0.2, 0.25) is 0 Å². The zero-order chi connectivity index (χ0) is 27.7. The number of hydrogen-bond acceptors (Lipinski definition) is 2. The van der Waals surface area contributed by atoms with E-state index < -0.39 is 67.2 Å². The molecule has 200 valence electrons. The molecule has 0 aliphatic heterocycles. The zero-order valence-electron chi connectivity index (χ0n) is 13.7. The first-order chi connectivity index (χ1) is 13.8. The monoisotopic (exact) mass is 568 g/mol. The molecule has 0 atom stereocenters. The van der Waals surface area contributed by atoms with Crippen LogP contribution >= 0.6 is 0 Å². The van der Waals surface area contributed by atoms with Crippen LogP contribution in [0.4, 0.5) is 88.1 Å². The van der Waals surface area contributed by atoms with Gasteiger partial charge in [0.15, 0.2) is 4.75 Å². The van der Waals surface area contributed by atoms with Crippen LogP contribution in [-0.2, 0) is 10.2 Å². The number of hydrogen-bond donors (Lipinski definition) is 0. The molecule has 0 spiro atoms. The summed E-state index contributed by atoms with van der Waals surface area (Å²) in [4.78, 5) is 0. The number of alkyl halides is 17. The van der Waals surface area contributed by atoms with Crippen molar-refractivity contribution in [2.75, 3.05) is 0 Å². The summed E-state index contributed by atoms with van der Waals surface area (Å²) in [6.07, 6.45) is -7.99. The Kier molecular flexibility index (Phi) is 7.38. The second-order valence-electron chi connectivity index (χ2n) is 5.38. The van der Waals surface area contributed by atoms with Crippen LogP contribution in [0.15, 0.2) is 0 Å². The van der Waals surface area contributed by atoms with Gasteiger partial charge in [0.2, 0.25) is 0 Å². The van der Waals surface area contributed by atoms with Crippen molar-refractivity contribution in [3.8, 4) is 0 Å². The third kappa shape index (κ3) is 3.91. The molecule has 0 radical (unpaired) electrons. The summed E-state index contributed by atoms with van der Waals surface area (Å²) >= 11 is 0. The van der Waals surface area contributed by atoms with E-state index in [0.29, 0.717) is 0 Å². The third-order valence-electron chi connectivity index (χ3n) is 3.30. The largest absolute Gasteiger partial charge is 0.460 e. The fourth-order valence-electron chi connectivity index (χ4n) is 1.47. The maximum atomic E-state index is 13.2. The summed E-state index contributed by atoms with van der Waals surface area (Å²) in [6, 6.07) is -8.33. The molecule has 0 saturated carbocycles. The van der Waals surface area contributed by atoms with Gasteiger partial charge < -0.3 is 0 Å². The maximum Gasteiger partial charge on any atom is 0.460 e. The Morgan fingerprint density at radius 1 is 0.424 bits per heavy atom. The van der Waals surface area contributed by atoms with E-state index in [1.807, 2.05) is 0 Å². The van der Waals surface area contributed by atoms with Crippen LogP contribution in [0.5, 0.6) is 0 Å². The van der Waals surface area contributed by atoms with Crippen molar-refractivity contribution in [2.45, 2.75) is 47.8 Å². The second-order valence-corrected chi connectivity index (χ2v) is 6.87. The predicted molar refractivity (Wildman–Crippen MR) is 56.6 cm³/mol. The molecule has 0 aromatic rings.